The zero-order chi connectivity index (χ0) is 13.0. The summed E-state index contributed by atoms with van der Waals surface area (Å²) in [7, 11) is 0. The van der Waals surface area contributed by atoms with E-state index in [9.17, 15) is 18.8 Å². The highest BCUT2D eigenvalue weighted by atomic mass is 19.1. The van der Waals surface area contributed by atoms with E-state index >= 15 is 0 Å². The zero-order valence-corrected chi connectivity index (χ0v) is 8.81. The summed E-state index contributed by atoms with van der Waals surface area (Å²) >= 11 is 0. The van der Waals surface area contributed by atoms with Crippen LogP contribution in [0.5, 0.6) is 5.95 Å². The molecule has 1 aromatic heterocycles. The van der Waals surface area contributed by atoms with E-state index in [4.69, 9.17) is 5.11 Å². The van der Waals surface area contributed by atoms with E-state index in [1.807, 2.05) is 0 Å². The summed E-state index contributed by atoms with van der Waals surface area (Å²) in [5.74, 6) is -4.95. The number of rotatable bonds is 5. The lowest BCUT2D eigenvalue weighted by Gasteiger charge is -2.05. The average molecular weight is 244 g/mol. The maximum Gasteiger partial charge on any atom is 0.317 e. The Balaban J connectivity index is 2.67. The first-order chi connectivity index (χ1) is 7.93. The molecule has 0 aromatic carbocycles. The largest absolute Gasteiger partial charge is 0.481 e. The lowest BCUT2D eigenvalue weighted by Crippen LogP contribution is -2.20. The van der Waals surface area contributed by atoms with Gasteiger partial charge in [-0.3, -0.25) is 14.4 Å². The molecule has 1 aromatic rings. The molecule has 0 aliphatic heterocycles. The van der Waals surface area contributed by atoms with Crippen molar-refractivity contribution in [1.29, 1.82) is 0 Å². The van der Waals surface area contributed by atoms with E-state index in [0.29, 0.717) is 0 Å². The Hall–Kier alpha value is -2.18. The quantitative estimate of drug-likeness (QED) is 0.618. The van der Waals surface area contributed by atoms with Crippen molar-refractivity contribution in [2.75, 3.05) is 0 Å². The van der Waals surface area contributed by atoms with Gasteiger partial charge >= 0.3 is 11.9 Å². The molecular formula is C10H9FO6. The van der Waals surface area contributed by atoms with Gasteiger partial charge in [-0.05, 0) is 0 Å². The number of furan rings is 1. The minimum absolute atomic E-state index is 0.132. The van der Waals surface area contributed by atoms with E-state index in [0.717, 1.165) is 6.07 Å². The van der Waals surface area contributed by atoms with Gasteiger partial charge in [-0.25, -0.2) is 4.39 Å². The number of halogens is 1. The van der Waals surface area contributed by atoms with Crippen LogP contribution < -0.4 is 4.74 Å². The fourth-order valence-corrected chi connectivity index (χ4v) is 1.04. The summed E-state index contributed by atoms with van der Waals surface area (Å²) in [5.41, 5.74) is 0. The molecule has 92 valence electrons. The van der Waals surface area contributed by atoms with Gasteiger partial charge < -0.3 is 14.3 Å². The number of ether oxygens (including phenoxy) is 1. The normalized spacial score (nSPS) is 11.9. The Kier molecular flexibility index (Phi) is 3.97. The number of hydrogen-bond acceptors (Lipinski definition) is 5. The van der Waals surface area contributed by atoms with Gasteiger partial charge in [-0.1, -0.05) is 6.92 Å². The standard InChI is InChI=1S/C10H9FO6/c1-5(2-8(13)14)10(15)17-9-3-6(11)7(4-12)16-9/h3-5H,2H2,1H3,(H,13,14). The lowest BCUT2D eigenvalue weighted by molar-refractivity contribution is -0.146. The second-order valence-electron chi connectivity index (χ2n) is 3.32. The van der Waals surface area contributed by atoms with Crippen molar-refractivity contribution < 1.29 is 33.0 Å². The van der Waals surface area contributed by atoms with Crippen LogP contribution in [-0.2, 0) is 9.59 Å². The molecule has 1 N–H and O–H groups in total. The Morgan fingerprint density at radius 2 is 2.29 bits per heavy atom. The molecule has 0 radical (unpaired) electrons. The third-order valence-electron chi connectivity index (χ3n) is 1.88. The van der Waals surface area contributed by atoms with Crippen molar-refractivity contribution in [3.63, 3.8) is 0 Å². The van der Waals surface area contributed by atoms with Crippen LogP contribution in [0.2, 0.25) is 0 Å². The van der Waals surface area contributed by atoms with Gasteiger partial charge in [0.15, 0.2) is 12.1 Å². The molecule has 0 bridgehead atoms. The van der Waals surface area contributed by atoms with Crippen molar-refractivity contribution in [2.45, 2.75) is 13.3 Å². The number of hydrogen-bond donors (Lipinski definition) is 1. The predicted octanol–water partition coefficient (Wildman–Crippen LogP) is 1.25. The van der Waals surface area contributed by atoms with E-state index in [2.05, 4.69) is 9.15 Å². The van der Waals surface area contributed by atoms with Crippen LogP contribution in [0.4, 0.5) is 4.39 Å². The first-order valence-electron chi connectivity index (χ1n) is 4.62. The van der Waals surface area contributed by atoms with Crippen LogP contribution in [0.15, 0.2) is 10.5 Å². The third-order valence-corrected chi connectivity index (χ3v) is 1.88. The van der Waals surface area contributed by atoms with Crippen LogP contribution in [0.3, 0.4) is 0 Å². The first-order valence-corrected chi connectivity index (χ1v) is 4.62. The molecule has 1 rings (SSSR count). The topological polar surface area (TPSA) is 93.8 Å². The molecule has 0 aliphatic rings. The molecule has 6 nitrogen and oxygen atoms in total. The maximum atomic E-state index is 12.9. The lowest BCUT2D eigenvalue weighted by atomic mass is 10.1. The van der Waals surface area contributed by atoms with Crippen LogP contribution in [-0.4, -0.2) is 23.3 Å². The highest BCUT2D eigenvalue weighted by Gasteiger charge is 2.21. The third kappa shape index (κ3) is 3.40. The maximum absolute atomic E-state index is 12.9. The molecule has 17 heavy (non-hydrogen) atoms. The number of esters is 1. The van der Waals surface area contributed by atoms with Crippen LogP contribution in [0, 0.1) is 11.7 Å². The summed E-state index contributed by atoms with van der Waals surface area (Å²) in [6.07, 6.45) is -0.282. The number of aliphatic carboxylic acids is 1. The molecule has 0 spiro atoms. The average Bonchev–Trinajstić information content (AvgIpc) is 2.57. The Morgan fingerprint density at radius 1 is 1.65 bits per heavy atom. The Labute approximate surface area is 95.0 Å². The van der Waals surface area contributed by atoms with Crippen molar-refractivity contribution in [3.8, 4) is 5.95 Å². The number of aldehydes is 1. The van der Waals surface area contributed by atoms with E-state index < -0.39 is 41.8 Å². The highest BCUT2D eigenvalue weighted by molar-refractivity contribution is 5.80. The molecule has 0 saturated heterocycles. The summed E-state index contributed by atoms with van der Waals surface area (Å²) in [5, 5.41) is 8.45. The number of carboxylic acids is 1. The predicted molar refractivity (Wildman–Crippen MR) is 51.1 cm³/mol. The van der Waals surface area contributed by atoms with Gasteiger partial charge in [0.25, 0.3) is 5.95 Å². The Bertz CT molecular complexity index is 450. The zero-order valence-electron chi connectivity index (χ0n) is 8.81. The molecule has 0 fully saturated rings. The molecule has 0 aliphatic carbocycles. The summed E-state index contributed by atoms with van der Waals surface area (Å²) < 4.78 is 22.0. The SMILES string of the molecule is CC(CC(=O)O)C(=O)Oc1cc(F)c(C=O)o1. The molecule has 1 unspecified atom stereocenters. The summed E-state index contributed by atoms with van der Waals surface area (Å²) in [4.78, 5) is 31.9. The highest BCUT2D eigenvalue weighted by Crippen LogP contribution is 2.20. The van der Waals surface area contributed by atoms with Crippen molar-refractivity contribution >= 4 is 18.2 Å². The van der Waals surface area contributed by atoms with E-state index in [1.165, 1.54) is 6.92 Å². The van der Waals surface area contributed by atoms with Crippen molar-refractivity contribution in [2.24, 2.45) is 5.92 Å². The van der Waals surface area contributed by atoms with E-state index in [1.54, 1.807) is 0 Å². The molecule has 7 heteroatoms. The van der Waals surface area contributed by atoms with Crippen LogP contribution >= 0.6 is 0 Å². The molecule has 0 saturated carbocycles. The monoisotopic (exact) mass is 244 g/mol. The molecule has 1 heterocycles. The van der Waals surface area contributed by atoms with Crippen molar-refractivity contribution in [1.82, 2.24) is 0 Å². The molecule has 0 amide bonds. The second kappa shape index (κ2) is 5.24. The fourth-order valence-electron chi connectivity index (χ4n) is 1.04. The number of carbonyl (C=O) groups excluding carboxylic acids is 2. The van der Waals surface area contributed by atoms with Gasteiger partial charge in [0.05, 0.1) is 18.4 Å². The van der Waals surface area contributed by atoms with Gasteiger partial charge in [0.1, 0.15) is 0 Å². The van der Waals surface area contributed by atoms with Crippen LogP contribution in [0.1, 0.15) is 23.9 Å². The van der Waals surface area contributed by atoms with Gasteiger partial charge in [0, 0.05) is 0 Å². The minimum Gasteiger partial charge on any atom is -0.481 e. The van der Waals surface area contributed by atoms with E-state index in [-0.39, 0.29) is 6.29 Å². The first kappa shape index (κ1) is 12.9. The molecular weight excluding hydrogens is 235 g/mol. The van der Waals surface area contributed by atoms with Crippen LogP contribution in [0.25, 0.3) is 0 Å². The van der Waals surface area contributed by atoms with Gasteiger partial charge in [0.2, 0.25) is 5.76 Å². The van der Waals surface area contributed by atoms with Gasteiger partial charge in [-0.15, -0.1) is 0 Å². The van der Waals surface area contributed by atoms with Gasteiger partial charge in [-0.2, -0.15) is 0 Å². The smallest absolute Gasteiger partial charge is 0.317 e. The summed E-state index contributed by atoms with van der Waals surface area (Å²) in [6, 6.07) is 0.731. The van der Waals surface area contributed by atoms with Crippen molar-refractivity contribution in [3.05, 3.63) is 17.6 Å². The fraction of sp³-hybridized carbons (Fsp3) is 0.300. The minimum atomic E-state index is -1.16. The Morgan fingerprint density at radius 3 is 2.76 bits per heavy atom. The number of carbonyl (C=O) groups is 3. The number of carboxylic acid groups (broad SMARTS) is 1. The second-order valence-corrected chi connectivity index (χ2v) is 3.32. The summed E-state index contributed by atoms with van der Waals surface area (Å²) in [6.45, 7) is 1.34. The molecule has 1 atom stereocenters.